The fourth-order valence-corrected chi connectivity index (χ4v) is 4.46. The topological polar surface area (TPSA) is 130 Å². The van der Waals surface area contributed by atoms with Gasteiger partial charge in [0.05, 0.1) is 24.9 Å². The smallest absolute Gasteiger partial charge is 0.397 e. The van der Waals surface area contributed by atoms with Crippen LogP contribution in [-0.4, -0.2) is 22.3 Å². The Kier molecular flexibility index (Phi) is 6.24. The Morgan fingerprint density at radius 1 is 1.33 bits per heavy atom. The summed E-state index contributed by atoms with van der Waals surface area (Å²) in [6, 6.07) is 5.87. The maximum absolute atomic E-state index is 12.1. The molecular weight excluding hydrogens is 417 g/mol. The Morgan fingerprint density at radius 2 is 2.20 bits per heavy atom. The molecule has 11 nitrogen and oxygen atoms in total. The lowest BCUT2D eigenvalue weighted by Gasteiger charge is -2.26. The molecule has 2 aliphatic heterocycles. The molecule has 2 aromatic rings. The molecule has 0 spiro atoms. The molecular formula is C18H20N3O8P. The minimum absolute atomic E-state index is 0.0963. The highest BCUT2D eigenvalue weighted by atomic mass is 31.2. The van der Waals surface area contributed by atoms with Crippen molar-refractivity contribution < 1.29 is 23.1 Å². The molecule has 2 aliphatic rings. The zero-order chi connectivity index (χ0) is 21.1. The molecule has 3 heterocycles. The van der Waals surface area contributed by atoms with Gasteiger partial charge in [0, 0.05) is 11.8 Å². The predicted octanol–water partition coefficient (Wildman–Crippen LogP) is 2.57. The van der Waals surface area contributed by atoms with Gasteiger partial charge in [0.15, 0.2) is 11.9 Å². The van der Waals surface area contributed by atoms with Gasteiger partial charge < -0.3 is 14.1 Å². The zero-order valence-electron chi connectivity index (χ0n) is 16.1. The van der Waals surface area contributed by atoms with Gasteiger partial charge in [0.25, 0.3) is 5.56 Å². The second-order valence-electron chi connectivity index (χ2n) is 6.91. The lowest BCUT2D eigenvalue weighted by Crippen LogP contribution is -2.34. The standard InChI is InChI=1S/C18H20N3O8P/c1-11-3-2-4-12-9-26-30(29-16(11)12)27-10-14-5-6-15(28-14)21-7-13(8-25-20-24)17(22)19-18(21)23/h2-4,7,14-15H,5-6,8-10H2,1H3,(H,19,22,23). The van der Waals surface area contributed by atoms with Crippen LogP contribution in [0.3, 0.4) is 0 Å². The molecule has 1 fully saturated rings. The van der Waals surface area contributed by atoms with E-state index in [4.69, 9.17) is 18.3 Å². The fraction of sp³-hybridized carbons (Fsp3) is 0.444. The predicted molar refractivity (Wildman–Crippen MR) is 105 cm³/mol. The first kappa shape index (κ1) is 20.7. The number of H-pyrrole nitrogens is 1. The first-order valence-corrected chi connectivity index (χ1v) is 10.4. The minimum Gasteiger partial charge on any atom is -0.426 e. The molecule has 0 amide bonds. The first-order valence-electron chi connectivity index (χ1n) is 9.32. The average molecular weight is 437 g/mol. The molecule has 1 saturated heterocycles. The number of benzene rings is 1. The van der Waals surface area contributed by atoms with Gasteiger partial charge in [0.2, 0.25) is 0 Å². The van der Waals surface area contributed by atoms with Crippen LogP contribution in [0.5, 0.6) is 5.75 Å². The molecule has 12 heteroatoms. The van der Waals surface area contributed by atoms with Crippen LogP contribution in [0.4, 0.5) is 0 Å². The van der Waals surface area contributed by atoms with Crippen LogP contribution in [0.25, 0.3) is 0 Å². The van der Waals surface area contributed by atoms with Gasteiger partial charge in [-0.3, -0.25) is 23.4 Å². The number of rotatable bonds is 7. The van der Waals surface area contributed by atoms with Crippen molar-refractivity contribution in [3.63, 3.8) is 0 Å². The van der Waals surface area contributed by atoms with Crippen LogP contribution in [0.15, 0.2) is 39.3 Å². The monoisotopic (exact) mass is 437 g/mol. The molecule has 4 rings (SSSR count). The molecule has 30 heavy (non-hydrogen) atoms. The van der Waals surface area contributed by atoms with Crippen LogP contribution in [-0.2, 0) is 31.8 Å². The highest BCUT2D eigenvalue weighted by Crippen LogP contribution is 2.48. The number of fused-ring (bicyclic) bond motifs is 1. The van der Waals surface area contributed by atoms with Gasteiger partial charge in [-0.15, -0.1) is 4.91 Å². The summed E-state index contributed by atoms with van der Waals surface area (Å²) < 4.78 is 24.4. The molecule has 3 unspecified atom stereocenters. The molecule has 0 bridgehead atoms. The van der Waals surface area contributed by atoms with E-state index < -0.39 is 26.1 Å². The third-order valence-electron chi connectivity index (χ3n) is 4.86. The van der Waals surface area contributed by atoms with Gasteiger partial charge in [-0.2, -0.15) is 0 Å². The van der Waals surface area contributed by atoms with Crippen molar-refractivity contribution in [2.75, 3.05) is 6.61 Å². The third kappa shape index (κ3) is 4.44. The van der Waals surface area contributed by atoms with E-state index in [1.165, 1.54) is 10.8 Å². The lowest BCUT2D eigenvalue weighted by molar-refractivity contribution is -0.0232. The molecule has 1 aromatic carbocycles. The number of ether oxygens (including phenoxy) is 1. The summed E-state index contributed by atoms with van der Waals surface area (Å²) in [5.74, 6) is 0.791. The summed E-state index contributed by atoms with van der Waals surface area (Å²) in [5.41, 5.74) is 0.856. The molecule has 3 atom stereocenters. The highest BCUT2D eigenvalue weighted by Gasteiger charge is 2.31. The fourth-order valence-electron chi connectivity index (χ4n) is 3.34. The minimum atomic E-state index is -1.53. The van der Waals surface area contributed by atoms with Crippen molar-refractivity contribution in [3.8, 4) is 5.75 Å². The SMILES string of the molecule is Cc1cccc2c1OP(OCC1CCC(n3cc(CON=O)c(=O)[nH]c3=O)O1)OC2. The second-order valence-corrected chi connectivity index (χ2v) is 8.05. The number of aromatic amines is 1. The average Bonchev–Trinajstić information content (AvgIpc) is 3.21. The Balaban J connectivity index is 1.35. The maximum atomic E-state index is 12.1. The van der Waals surface area contributed by atoms with E-state index in [9.17, 15) is 14.5 Å². The first-order chi connectivity index (χ1) is 14.5. The summed E-state index contributed by atoms with van der Waals surface area (Å²) in [4.78, 5) is 40.6. The van der Waals surface area contributed by atoms with E-state index in [1.807, 2.05) is 25.1 Å². The Labute approximate surface area is 171 Å². The molecule has 160 valence electrons. The van der Waals surface area contributed by atoms with Crippen LogP contribution in [0, 0.1) is 11.8 Å². The van der Waals surface area contributed by atoms with Crippen LogP contribution in [0.1, 0.15) is 35.8 Å². The normalized spacial score (nSPS) is 22.9. The highest BCUT2D eigenvalue weighted by molar-refractivity contribution is 7.42. The summed E-state index contributed by atoms with van der Waals surface area (Å²) >= 11 is 0. The van der Waals surface area contributed by atoms with Gasteiger partial charge in [-0.1, -0.05) is 18.2 Å². The van der Waals surface area contributed by atoms with Gasteiger partial charge in [-0.05, 0) is 25.3 Å². The number of hydrogen-bond acceptors (Lipinski definition) is 9. The number of nitrogens with one attached hydrogen (secondary N) is 1. The van der Waals surface area contributed by atoms with Crippen molar-refractivity contribution in [1.29, 1.82) is 0 Å². The quantitative estimate of drug-likeness (QED) is 0.397. The molecule has 1 N–H and O–H groups in total. The number of aromatic nitrogens is 2. The summed E-state index contributed by atoms with van der Waals surface area (Å²) in [7, 11) is -1.53. The van der Waals surface area contributed by atoms with E-state index in [2.05, 4.69) is 15.2 Å². The van der Waals surface area contributed by atoms with Gasteiger partial charge in [-0.25, -0.2) is 4.79 Å². The van der Waals surface area contributed by atoms with Gasteiger partial charge in [0.1, 0.15) is 12.0 Å². The lowest BCUT2D eigenvalue weighted by atomic mass is 10.1. The zero-order valence-corrected chi connectivity index (χ0v) is 17.0. The van der Waals surface area contributed by atoms with Crippen molar-refractivity contribution >= 4 is 8.60 Å². The Bertz CT molecular complexity index is 1040. The Hall–Kier alpha value is -2.59. The largest absolute Gasteiger partial charge is 0.426 e. The number of aryl methyl sites for hydroxylation is 1. The van der Waals surface area contributed by atoms with E-state index in [-0.39, 0.29) is 24.9 Å². The Morgan fingerprint density at radius 3 is 3.03 bits per heavy atom. The summed E-state index contributed by atoms with van der Waals surface area (Å²) in [6.07, 6.45) is 1.68. The van der Waals surface area contributed by atoms with Crippen LogP contribution >= 0.6 is 8.60 Å². The van der Waals surface area contributed by atoms with Crippen LogP contribution < -0.4 is 15.8 Å². The number of hydrogen-bond donors (Lipinski definition) is 1. The molecule has 1 aromatic heterocycles. The number of para-hydroxylation sites is 1. The van der Waals surface area contributed by atoms with Crippen molar-refractivity contribution in [2.24, 2.45) is 5.34 Å². The van der Waals surface area contributed by atoms with Crippen molar-refractivity contribution in [3.05, 3.63) is 66.8 Å². The molecule has 0 saturated carbocycles. The van der Waals surface area contributed by atoms with Gasteiger partial charge >= 0.3 is 14.3 Å². The molecule has 0 aliphatic carbocycles. The summed E-state index contributed by atoms with van der Waals surface area (Å²) in [5, 5.41) is 2.26. The van der Waals surface area contributed by atoms with E-state index >= 15 is 0 Å². The van der Waals surface area contributed by atoms with Crippen LogP contribution in [0.2, 0.25) is 0 Å². The van der Waals surface area contributed by atoms with Crippen molar-refractivity contribution in [1.82, 2.24) is 9.55 Å². The second kappa shape index (κ2) is 9.05. The third-order valence-corrected chi connectivity index (χ3v) is 5.89. The van der Waals surface area contributed by atoms with Crippen molar-refractivity contribution in [2.45, 2.75) is 45.3 Å². The van der Waals surface area contributed by atoms with E-state index in [0.29, 0.717) is 19.4 Å². The van der Waals surface area contributed by atoms with E-state index in [0.717, 1.165) is 16.9 Å². The maximum Gasteiger partial charge on any atom is 0.397 e. The number of nitrogens with zero attached hydrogens (tertiary/aromatic N) is 2. The molecule has 0 radical (unpaired) electrons. The summed E-state index contributed by atoms with van der Waals surface area (Å²) in [6.45, 7) is 2.30. The van der Waals surface area contributed by atoms with E-state index in [1.54, 1.807) is 0 Å².